The van der Waals surface area contributed by atoms with Crippen LogP contribution in [0.25, 0.3) is 10.8 Å². The fraction of sp³-hybridized carbons (Fsp3) is 0.312. The zero-order valence-electron chi connectivity index (χ0n) is 12.4. The lowest BCUT2D eigenvalue weighted by atomic mass is 10.1. The van der Waals surface area contributed by atoms with Crippen LogP contribution in [0.5, 0.6) is 0 Å². The molecule has 6 heteroatoms. The van der Waals surface area contributed by atoms with Crippen molar-refractivity contribution in [3.63, 3.8) is 0 Å². The molecule has 0 radical (unpaired) electrons. The van der Waals surface area contributed by atoms with Crippen LogP contribution in [0.1, 0.15) is 13.3 Å². The monoisotopic (exact) mass is 319 g/mol. The molecule has 1 amide bonds. The quantitative estimate of drug-likeness (QED) is 0.869. The molecule has 0 fully saturated rings. The maximum absolute atomic E-state index is 12.8. The second-order valence-corrected chi connectivity index (χ2v) is 7.18. The van der Waals surface area contributed by atoms with Gasteiger partial charge in [-0.3, -0.25) is 4.79 Å². The second kappa shape index (κ2) is 5.37. The van der Waals surface area contributed by atoms with Gasteiger partial charge in [0.05, 0.1) is 10.6 Å². The summed E-state index contributed by atoms with van der Waals surface area (Å²) in [6.07, 6.45) is 0.480. The summed E-state index contributed by atoms with van der Waals surface area (Å²) < 4.78 is 31.4. The number of nitrogens with zero attached hydrogens (tertiary/aromatic N) is 1. The minimum Gasteiger partial charge on any atom is -0.385 e. The van der Waals surface area contributed by atoms with Crippen molar-refractivity contribution in [2.45, 2.75) is 18.2 Å². The van der Waals surface area contributed by atoms with Crippen LogP contribution >= 0.6 is 0 Å². The van der Waals surface area contributed by atoms with Crippen LogP contribution in [0.3, 0.4) is 0 Å². The van der Waals surface area contributed by atoms with Gasteiger partial charge in [-0.1, -0.05) is 31.2 Å². The molecular formula is C16H17NO4S. The SMILES string of the molecule is COCCC(C)C(=O)N1c2cccc3cccc(c23)S1(=O)=O. The van der Waals surface area contributed by atoms with Gasteiger partial charge in [-0.05, 0) is 23.9 Å². The van der Waals surface area contributed by atoms with Gasteiger partial charge in [-0.25, -0.2) is 12.7 Å². The van der Waals surface area contributed by atoms with Crippen LogP contribution < -0.4 is 4.31 Å². The molecule has 1 heterocycles. The topological polar surface area (TPSA) is 63.7 Å². The standard InChI is InChI=1S/C16H17NO4S/c1-11(9-10-21-2)16(18)17-13-7-3-5-12-6-4-8-14(15(12)13)22(17,19)20/h3-8,11H,9-10H2,1-2H3. The number of amides is 1. The molecule has 0 saturated heterocycles. The van der Waals surface area contributed by atoms with E-state index in [0.29, 0.717) is 24.1 Å². The Hall–Kier alpha value is -1.92. The highest BCUT2D eigenvalue weighted by molar-refractivity contribution is 7.94. The van der Waals surface area contributed by atoms with Crippen LogP contribution in [-0.4, -0.2) is 28.0 Å². The van der Waals surface area contributed by atoms with Gasteiger partial charge in [-0.15, -0.1) is 0 Å². The molecule has 1 aliphatic rings. The molecule has 1 aliphatic heterocycles. The van der Waals surface area contributed by atoms with Gasteiger partial charge in [0.25, 0.3) is 10.0 Å². The number of anilines is 1. The molecule has 2 aromatic rings. The third-order valence-electron chi connectivity index (χ3n) is 3.96. The molecule has 1 atom stereocenters. The van der Waals surface area contributed by atoms with Crippen LogP contribution in [0.15, 0.2) is 41.3 Å². The van der Waals surface area contributed by atoms with Crippen molar-refractivity contribution in [1.82, 2.24) is 0 Å². The molecule has 22 heavy (non-hydrogen) atoms. The average Bonchev–Trinajstić information content (AvgIpc) is 2.74. The first-order valence-electron chi connectivity index (χ1n) is 7.08. The van der Waals surface area contributed by atoms with E-state index in [0.717, 1.165) is 9.69 Å². The number of hydrogen-bond acceptors (Lipinski definition) is 4. The lowest BCUT2D eigenvalue weighted by Crippen LogP contribution is -2.38. The lowest BCUT2D eigenvalue weighted by Gasteiger charge is -2.20. The number of ether oxygens (including phenoxy) is 1. The van der Waals surface area contributed by atoms with Crippen LogP contribution in [-0.2, 0) is 19.6 Å². The van der Waals surface area contributed by atoms with E-state index in [4.69, 9.17) is 4.74 Å². The van der Waals surface area contributed by atoms with Gasteiger partial charge < -0.3 is 4.74 Å². The zero-order valence-corrected chi connectivity index (χ0v) is 13.3. The van der Waals surface area contributed by atoms with E-state index in [1.807, 2.05) is 12.1 Å². The molecule has 3 rings (SSSR count). The minimum absolute atomic E-state index is 0.202. The Balaban J connectivity index is 2.12. The van der Waals surface area contributed by atoms with E-state index >= 15 is 0 Å². The summed E-state index contributed by atoms with van der Waals surface area (Å²) in [5.74, 6) is -0.847. The highest BCUT2D eigenvalue weighted by Gasteiger charge is 2.41. The average molecular weight is 319 g/mol. The first-order chi connectivity index (χ1) is 10.5. The first-order valence-corrected chi connectivity index (χ1v) is 8.52. The van der Waals surface area contributed by atoms with Gasteiger partial charge in [0, 0.05) is 25.0 Å². The number of carbonyl (C=O) groups excluding carboxylic acids is 1. The smallest absolute Gasteiger partial charge is 0.271 e. The third kappa shape index (κ3) is 2.10. The summed E-state index contributed by atoms with van der Waals surface area (Å²) in [4.78, 5) is 12.9. The summed E-state index contributed by atoms with van der Waals surface area (Å²) in [5.41, 5.74) is 0.447. The van der Waals surface area contributed by atoms with Gasteiger partial charge >= 0.3 is 0 Å². The molecule has 0 bridgehead atoms. The Kier molecular flexibility index (Phi) is 3.66. The molecule has 5 nitrogen and oxygen atoms in total. The first kappa shape index (κ1) is 15.0. The molecule has 0 saturated carbocycles. The molecule has 116 valence electrons. The Labute approximate surface area is 129 Å². The van der Waals surface area contributed by atoms with Gasteiger partial charge in [-0.2, -0.15) is 0 Å². The van der Waals surface area contributed by atoms with Crippen LogP contribution in [0.2, 0.25) is 0 Å². The maximum atomic E-state index is 12.8. The zero-order chi connectivity index (χ0) is 15.9. The van der Waals surface area contributed by atoms with Crippen molar-refractivity contribution in [2.75, 3.05) is 18.0 Å². The lowest BCUT2D eigenvalue weighted by molar-refractivity contribution is -0.121. The summed E-state index contributed by atoms with van der Waals surface area (Å²) in [6, 6.07) is 10.4. The van der Waals surface area contributed by atoms with Crippen LogP contribution in [0.4, 0.5) is 5.69 Å². The molecule has 0 spiro atoms. The van der Waals surface area contributed by atoms with E-state index in [1.165, 1.54) is 0 Å². The fourth-order valence-electron chi connectivity index (χ4n) is 2.75. The largest absolute Gasteiger partial charge is 0.385 e. The molecular weight excluding hydrogens is 302 g/mol. The van der Waals surface area contributed by atoms with Crippen molar-refractivity contribution in [2.24, 2.45) is 5.92 Å². The predicted octanol–water partition coefficient (Wildman–Crippen LogP) is 2.55. The molecule has 2 aromatic carbocycles. The van der Waals surface area contributed by atoms with Crippen molar-refractivity contribution < 1.29 is 17.9 Å². The van der Waals surface area contributed by atoms with Gasteiger partial charge in [0.2, 0.25) is 5.91 Å². The number of hydrogen-bond donors (Lipinski definition) is 0. The summed E-state index contributed by atoms with van der Waals surface area (Å²) in [5, 5.41) is 1.44. The Morgan fingerprint density at radius 1 is 1.23 bits per heavy atom. The maximum Gasteiger partial charge on any atom is 0.271 e. The van der Waals surface area contributed by atoms with Crippen molar-refractivity contribution in [3.8, 4) is 0 Å². The fourth-order valence-corrected chi connectivity index (χ4v) is 4.51. The number of methoxy groups -OCH3 is 1. The van der Waals surface area contributed by atoms with Crippen LogP contribution in [0, 0.1) is 5.92 Å². The van der Waals surface area contributed by atoms with E-state index in [1.54, 1.807) is 38.3 Å². The number of sulfonamides is 1. The summed E-state index contributed by atoms with van der Waals surface area (Å²) in [7, 11) is -2.27. The Morgan fingerprint density at radius 3 is 2.59 bits per heavy atom. The second-order valence-electron chi connectivity index (χ2n) is 5.42. The molecule has 0 aliphatic carbocycles. The van der Waals surface area contributed by atoms with Gasteiger partial charge in [0.15, 0.2) is 0 Å². The van der Waals surface area contributed by atoms with E-state index in [2.05, 4.69) is 0 Å². The van der Waals surface area contributed by atoms with E-state index < -0.39 is 21.8 Å². The highest BCUT2D eigenvalue weighted by atomic mass is 32.2. The van der Waals surface area contributed by atoms with Crippen molar-refractivity contribution in [1.29, 1.82) is 0 Å². The Bertz CT molecular complexity index is 839. The van der Waals surface area contributed by atoms with E-state index in [-0.39, 0.29) is 4.90 Å². The van der Waals surface area contributed by atoms with Crippen molar-refractivity contribution in [3.05, 3.63) is 36.4 Å². The molecule has 1 unspecified atom stereocenters. The van der Waals surface area contributed by atoms with Crippen molar-refractivity contribution >= 4 is 32.4 Å². The Morgan fingerprint density at radius 2 is 1.91 bits per heavy atom. The number of benzene rings is 2. The molecule has 0 aromatic heterocycles. The third-order valence-corrected chi connectivity index (χ3v) is 5.71. The summed E-state index contributed by atoms with van der Waals surface area (Å²) >= 11 is 0. The molecule has 0 N–H and O–H groups in total. The normalized spacial score (nSPS) is 16.9. The van der Waals surface area contributed by atoms with E-state index in [9.17, 15) is 13.2 Å². The highest BCUT2D eigenvalue weighted by Crippen LogP contribution is 2.42. The predicted molar refractivity (Wildman–Crippen MR) is 84.3 cm³/mol. The minimum atomic E-state index is -3.82. The number of rotatable bonds is 4. The van der Waals surface area contributed by atoms with Gasteiger partial charge in [0.1, 0.15) is 0 Å². The number of carbonyl (C=O) groups is 1. The summed E-state index contributed by atoms with van der Waals surface area (Å²) in [6.45, 7) is 2.14.